The van der Waals surface area contributed by atoms with Crippen LogP contribution < -0.4 is 15.0 Å². The number of carbonyl (C=O) groups excluding carboxylic acids is 1. The number of nitrogens with zero attached hydrogens (tertiary/aromatic N) is 4. The number of H-pyrrole nitrogens is 1. The second kappa shape index (κ2) is 9.48. The van der Waals surface area contributed by atoms with Crippen LogP contribution in [0.1, 0.15) is 25.0 Å². The Labute approximate surface area is 206 Å². The first-order chi connectivity index (χ1) is 16.5. The van der Waals surface area contributed by atoms with Gasteiger partial charge >= 0.3 is 0 Å². The lowest BCUT2D eigenvalue weighted by atomic mass is 10.1. The smallest absolute Gasteiger partial charge is 0.239 e. The molecule has 0 spiro atoms. The Morgan fingerprint density at radius 1 is 1.12 bits per heavy atom. The first kappa shape index (κ1) is 22.4. The van der Waals surface area contributed by atoms with Gasteiger partial charge in [-0.15, -0.1) is 0 Å². The van der Waals surface area contributed by atoms with Crippen molar-refractivity contribution in [2.75, 3.05) is 24.5 Å². The monoisotopic (exact) mass is 496 g/mol. The summed E-state index contributed by atoms with van der Waals surface area (Å²) in [5.74, 6) is 1.44. The van der Waals surface area contributed by atoms with Crippen molar-refractivity contribution in [2.45, 2.75) is 19.4 Å². The molecule has 8 nitrogen and oxygen atoms in total. The Balaban J connectivity index is 1.40. The summed E-state index contributed by atoms with van der Waals surface area (Å²) in [5.41, 5.74) is 3.19. The van der Waals surface area contributed by atoms with E-state index in [1.807, 2.05) is 42.2 Å². The molecule has 1 fully saturated rings. The van der Waals surface area contributed by atoms with Crippen LogP contribution >= 0.6 is 23.2 Å². The fraction of sp³-hybridized carbons (Fsp3) is 0.250. The van der Waals surface area contributed by atoms with Crippen LogP contribution in [0.4, 0.5) is 5.82 Å². The molecule has 174 valence electrons. The number of amides is 1. The molecule has 5 rings (SSSR count). The number of rotatable bonds is 5. The zero-order valence-electron chi connectivity index (χ0n) is 18.4. The summed E-state index contributed by atoms with van der Waals surface area (Å²) < 4.78 is 6.15. The number of anilines is 1. The van der Waals surface area contributed by atoms with Crippen LogP contribution in [0.25, 0.3) is 22.2 Å². The largest absolute Gasteiger partial charge is 0.486 e. The molecule has 1 aliphatic heterocycles. The highest BCUT2D eigenvalue weighted by atomic mass is 35.5. The van der Waals surface area contributed by atoms with Gasteiger partial charge in [0.05, 0.1) is 22.1 Å². The summed E-state index contributed by atoms with van der Waals surface area (Å²) in [4.78, 5) is 22.5. The van der Waals surface area contributed by atoms with E-state index < -0.39 is 0 Å². The first-order valence-electron chi connectivity index (χ1n) is 10.9. The molecule has 2 N–H and O–H groups in total. The number of aromatic amines is 1. The minimum absolute atomic E-state index is 0.0118. The Hall–Kier alpha value is -3.36. The lowest BCUT2D eigenvalue weighted by Gasteiger charge is -2.20. The van der Waals surface area contributed by atoms with E-state index in [1.165, 1.54) is 0 Å². The standard InChI is InChI=1S/C24H22Cl2N6O2/c1-14(23-18(25)11-27-12-19(23)26)34-16-4-5-20-17(9-16)24(31-30-20)15-3-6-21(29-10-15)32-8-2-7-28-22(33)13-32/h3-6,9-12,14H,2,7-8,13H2,1H3,(H,28,33)(H,30,31). The maximum absolute atomic E-state index is 11.9. The number of fused-ring (bicyclic) bond motifs is 1. The summed E-state index contributed by atoms with van der Waals surface area (Å²) in [7, 11) is 0. The van der Waals surface area contributed by atoms with E-state index in [-0.39, 0.29) is 12.0 Å². The van der Waals surface area contributed by atoms with E-state index in [9.17, 15) is 4.79 Å². The third-order valence-electron chi connectivity index (χ3n) is 5.75. The number of pyridine rings is 2. The van der Waals surface area contributed by atoms with Gasteiger partial charge in [0.25, 0.3) is 0 Å². The number of benzene rings is 1. The molecule has 0 radical (unpaired) electrons. The van der Waals surface area contributed by atoms with Crippen LogP contribution in [0.15, 0.2) is 48.9 Å². The lowest BCUT2D eigenvalue weighted by Crippen LogP contribution is -2.33. The average Bonchev–Trinajstić information content (AvgIpc) is 3.11. The Morgan fingerprint density at radius 3 is 2.71 bits per heavy atom. The molecule has 1 saturated heterocycles. The zero-order valence-corrected chi connectivity index (χ0v) is 19.9. The van der Waals surface area contributed by atoms with E-state index in [0.717, 1.165) is 40.9 Å². The number of nitrogens with one attached hydrogen (secondary N) is 2. The molecule has 4 aromatic rings. The van der Waals surface area contributed by atoms with Crippen molar-refractivity contribution in [3.8, 4) is 17.0 Å². The molecule has 0 bridgehead atoms. The highest BCUT2D eigenvalue weighted by Crippen LogP contribution is 2.35. The van der Waals surface area contributed by atoms with Crippen LogP contribution in [0.5, 0.6) is 5.75 Å². The summed E-state index contributed by atoms with van der Waals surface area (Å²) >= 11 is 12.6. The first-order valence-corrected chi connectivity index (χ1v) is 11.7. The number of ether oxygens (including phenoxy) is 1. The summed E-state index contributed by atoms with van der Waals surface area (Å²) in [6.45, 7) is 3.66. The van der Waals surface area contributed by atoms with Gasteiger partial charge in [-0.25, -0.2) is 4.98 Å². The molecular formula is C24H22Cl2N6O2. The van der Waals surface area contributed by atoms with Crippen LogP contribution in [0, 0.1) is 0 Å². The molecule has 1 unspecified atom stereocenters. The van der Waals surface area contributed by atoms with E-state index in [0.29, 0.717) is 34.4 Å². The molecule has 1 aromatic carbocycles. The third kappa shape index (κ3) is 4.51. The molecule has 34 heavy (non-hydrogen) atoms. The van der Waals surface area contributed by atoms with Crippen molar-refractivity contribution in [3.05, 3.63) is 64.5 Å². The second-order valence-corrected chi connectivity index (χ2v) is 8.90. The molecule has 1 aliphatic rings. The van der Waals surface area contributed by atoms with Gasteiger partial charge < -0.3 is 15.0 Å². The molecule has 1 atom stereocenters. The van der Waals surface area contributed by atoms with E-state index >= 15 is 0 Å². The minimum atomic E-state index is -0.373. The molecular weight excluding hydrogens is 475 g/mol. The quantitative estimate of drug-likeness (QED) is 0.412. The summed E-state index contributed by atoms with van der Waals surface area (Å²) in [5, 5.41) is 12.3. The highest BCUT2D eigenvalue weighted by molar-refractivity contribution is 6.35. The van der Waals surface area contributed by atoms with Crippen LogP contribution in [-0.4, -0.2) is 45.7 Å². The highest BCUT2D eigenvalue weighted by Gasteiger charge is 2.18. The van der Waals surface area contributed by atoms with Crippen LogP contribution in [0.3, 0.4) is 0 Å². The predicted octanol–water partition coefficient (Wildman–Crippen LogP) is 4.79. The van der Waals surface area contributed by atoms with Crippen molar-refractivity contribution < 1.29 is 9.53 Å². The van der Waals surface area contributed by atoms with E-state index in [4.69, 9.17) is 27.9 Å². The van der Waals surface area contributed by atoms with Crippen molar-refractivity contribution >= 4 is 45.8 Å². The lowest BCUT2D eigenvalue weighted by molar-refractivity contribution is -0.119. The van der Waals surface area contributed by atoms with Crippen LogP contribution in [0.2, 0.25) is 10.0 Å². The normalized spacial score (nSPS) is 15.1. The Morgan fingerprint density at radius 2 is 1.94 bits per heavy atom. The van der Waals surface area contributed by atoms with Crippen molar-refractivity contribution in [2.24, 2.45) is 0 Å². The average molecular weight is 497 g/mol. The topological polar surface area (TPSA) is 96.0 Å². The number of hydrogen-bond donors (Lipinski definition) is 2. The Kier molecular flexibility index (Phi) is 6.26. The van der Waals surface area contributed by atoms with Gasteiger partial charge in [0, 0.05) is 48.2 Å². The fourth-order valence-electron chi connectivity index (χ4n) is 4.07. The second-order valence-electron chi connectivity index (χ2n) is 8.09. The van der Waals surface area contributed by atoms with Gasteiger partial charge in [-0.1, -0.05) is 23.2 Å². The predicted molar refractivity (Wildman–Crippen MR) is 132 cm³/mol. The van der Waals surface area contributed by atoms with Gasteiger partial charge in [0.2, 0.25) is 5.91 Å². The van der Waals surface area contributed by atoms with E-state index in [1.54, 1.807) is 18.6 Å². The van der Waals surface area contributed by atoms with Gasteiger partial charge in [-0.05, 0) is 43.7 Å². The molecule has 1 amide bonds. The number of hydrogen-bond acceptors (Lipinski definition) is 6. The summed E-state index contributed by atoms with van der Waals surface area (Å²) in [6.07, 6.45) is 5.39. The van der Waals surface area contributed by atoms with E-state index in [2.05, 4.69) is 25.5 Å². The van der Waals surface area contributed by atoms with Crippen LogP contribution in [-0.2, 0) is 4.79 Å². The maximum atomic E-state index is 11.9. The maximum Gasteiger partial charge on any atom is 0.239 e. The van der Waals surface area contributed by atoms with Crippen molar-refractivity contribution in [3.63, 3.8) is 0 Å². The molecule has 0 aliphatic carbocycles. The molecule has 0 saturated carbocycles. The van der Waals surface area contributed by atoms with Crippen molar-refractivity contribution in [1.29, 1.82) is 0 Å². The van der Waals surface area contributed by atoms with Gasteiger partial charge in [0.15, 0.2) is 0 Å². The minimum Gasteiger partial charge on any atom is -0.486 e. The number of carbonyl (C=O) groups is 1. The molecule has 10 heteroatoms. The zero-order chi connectivity index (χ0) is 23.7. The molecule has 3 aromatic heterocycles. The third-order valence-corrected chi connectivity index (χ3v) is 6.35. The van der Waals surface area contributed by atoms with Gasteiger partial charge in [0.1, 0.15) is 23.4 Å². The fourth-order valence-corrected chi connectivity index (χ4v) is 4.75. The number of aromatic nitrogens is 4. The SMILES string of the molecule is CC(Oc1ccc2[nH]nc(-c3ccc(N4CCCNC(=O)C4)nc3)c2c1)c1c(Cl)cncc1Cl. The summed E-state index contributed by atoms with van der Waals surface area (Å²) in [6, 6.07) is 9.61. The van der Waals surface area contributed by atoms with Gasteiger partial charge in [-0.3, -0.25) is 14.9 Å². The Bertz CT molecular complexity index is 1320. The number of halogens is 2. The van der Waals surface area contributed by atoms with Crippen molar-refractivity contribution in [1.82, 2.24) is 25.5 Å². The molecule has 4 heterocycles. The van der Waals surface area contributed by atoms with Gasteiger partial charge in [-0.2, -0.15) is 5.10 Å².